The number of carbonyl (C=O) groups excluding carboxylic acids is 2. The minimum Gasteiger partial charge on any atom is -0.454 e. The zero-order valence-corrected chi connectivity index (χ0v) is 17.0. The Morgan fingerprint density at radius 1 is 0.767 bits per heavy atom. The summed E-state index contributed by atoms with van der Waals surface area (Å²) in [4.78, 5) is 24.7. The van der Waals surface area contributed by atoms with E-state index in [4.69, 9.17) is 14.2 Å². The summed E-state index contributed by atoms with van der Waals surface area (Å²) in [5.41, 5.74) is 1.06. The molecule has 0 unspecified atom stereocenters. The fourth-order valence-corrected chi connectivity index (χ4v) is 3.30. The molecule has 152 valence electrons. The Bertz CT molecular complexity index is 1040. The second-order valence-corrected chi connectivity index (χ2v) is 8.05. The van der Waals surface area contributed by atoms with Crippen LogP contribution in [-0.4, -0.2) is 17.4 Å². The second kappa shape index (κ2) is 7.34. The van der Waals surface area contributed by atoms with Crippen molar-refractivity contribution in [2.45, 2.75) is 32.2 Å². The highest BCUT2D eigenvalue weighted by atomic mass is 16.7. The predicted molar refractivity (Wildman–Crippen MR) is 112 cm³/mol. The van der Waals surface area contributed by atoms with Gasteiger partial charge in [-0.05, 0) is 39.0 Å². The summed E-state index contributed by atoms with van der Waals surface area (Å²) in [5.74, 6) is -1.94. The predicted octanol–water partition coefficient (Wildman–Crippen LogP) is 4.88. The molecule has 0 aromatic heterocycles. The molecule has 0 atom stereocenters. The lowest BCUT2D eigenvalue weighted by molar-refractivity contribution is -0.148. The van der Waals surface area contributed by atoms with Crippen molar-refractivity contribution in [2.24, 2.45) is 0 Å². The molecular formula is C25H22O5. The van der Waals surface area contributed by atoms with Crippen molar-refractivity contribution in [1.82, 2.24) is 0 Å². The molecule has 4 rings (SSSR count). The van der Waals surface area contributed by atoms with E-state index in [-0.39, 0.29) is 5.56 Å². The van der Waals surface area contributed by atoms with E-state index in [1.807, 2.05) is 60.7 Å². The number of carbonyl (C=O) groups is 2. The molecule has 0 radical (unpaired) electrons. The summed E-state index contributed by atoms with van der Waals surface area (Å²) in [6, 6.07) is 23.9. The topological polar surface area (TPSA) is 61.8 Å². The number of esters is 1. The quantitative estimate of drug-likeness (QED) is 0.353. The number of hydrogen-bond donors (Lipinski definition) is 0. The Morgan fingerprint density at radius 2 is 1.30 bits per heavy atom. The highest BCUT2D eigenvalue weighted by Crippen LogP contribution is 2.47. The first-order valence-corrected chi connectivity index (χ1v) is 9.69. The van der Waals surface area contributed by atoms with E-state index in [9.17, 15) is 9.59 Å². The summed E-state index contributed by atoms with van der Waals surface area (Å²) in [6.45, 7) is 5.14. The highest BCUT2D eigenvalue weighted by Gasteiger charge is 2.45. The van der Waals surface area contributed by atoms with Crippen LogP contribution >= 0.6 is 0 Å². The van der Waals surface area contributed by atoms with Crippen LogP contribution in [0.15, 0.2) is 78.9 Å². The molecule has 1 aliphatic rings. The van der Waals surface area contributed by atoms with E-state index in [1.165, 1.54) is 6.07 Å². The summed E-state index contributed by atoms with van der Waals surface area (Å²) >= 11 is 0. The first-order valence-electron chi connectivity index (χ1n) is 9.69. The van der Waals surface area contributed by atoms with Crippen LogP contribution < -0.4 is 9.47 Å². The Balaban J connectivity index is 1.71. The number of fused-ring (bicyclic) bond motifs is 1. The van der Waals surface area contributed by atoms with Crippen molar-refractivity contribution in [2.75, 3.05) is 0 Å². The molecule has 0 N–H and O–H groups in total. The molecule has 1 aliphatic heterocycles. The van der Waals surface area contributed by atoms with E-state index >= 15 is 0 Å². The third-order valence-electron chi connectivity index (χ3n) is 4.61. The van der Waals surface area contributed by atoms with Crippen LogP contribution in [0.3, 0.4) is 0 Å². The molecule has 0 spiro atoms. The lowest BCUT2D eigenvalue weighted by Gasteiger charge is -2.28. The lowest BCUT2D eigenvalue weighted by Crippen LogP contribution is -2.36. The molecule has 0 bridgehead atoms. The van der Waals surface area contributed by atoms with E-state index in [0.29, 0.717) is 11.5 Å². The molecule has 0 saturated carbocycles. The Kier molecular flexibility index (Phi) is 4.82. The number of ketones is 1. The average Bonchev–Trinajstić information content (AvgIpc) is 3.13. The van der Waals surface area contributed by atoms with Gasteiger partial charge in [0.25, 0.3) is 5.78 Å². The van der Waals surface area contributed by atoms with Gasteiger partial charge in [0, 0.05) is 16.7 Å². The second-order valence-electron chi connectivity index (χ2n) is 8.05. The van der Waals surface area contributed by atoms with Gasteiger partial charge in [-0.2, -0.15) is 0 Å². The molecule has 0 fully saturated rings. The molecule has 30 heavy (non-hydrogen) atoms. The summed E-state index contributed by atoms with van der Waals surface area (Å²) in [7, 11) is 0. The van der Waals surface area contributed by atoms with E-state index in [0.717, 1.165) is 11.1 Å². The first kappa shape index (κ1) is 19.7. The van der Waals surface area contributed by atoms with Crippen molar-refractivity contribution >= 4 is 11.8 Å². The van der Waals surface area contributed by atoms with Gasteiger partial charge >= 0.3 is 11.8 Å². The van der Waals surface area contributed by atoms with Crippen molar-refractivity contribution < 1.29 is 23.8 Å². The molecular weight excluding hydrogens is 380 g/mol. The maximum atomic E-state index is 12.6. The van der Waals surface area contributed by atoms with E-state index in [1.54, 1.807) is 32.9 Å². The van der Waals surface area contributed by atoms with Crippen LogP contribution in [0.5, 0.6) is 11.5 Å². The van der Waals surface area contributed by atoms with Crippen molar-refractivity contribution in [3.8, 4) is 11.5 Å². The van der Waals surface area contributed by atoms with Crippen molar-refractivity contribution in [3.63, 3.8) is 0 Å². The minimum atomic E-state index is -1.18. The number of ether oxygens (including phenoxy) is 3. The van der Waals surface area contributed by atoms with Crippen LogP contribution in [0, 0.1) is 0 Å². The number of benzene rings is 3. The van der Waals surface area contributed by atoms with Gasteiger partial charge in [0.2, 0.25) is 0 Å². The SMILES string of the molecule is CC(C)(C)OC(=O)C(=O)c1ccc2c(c1)OC(c1ccccc1)(c1ccccc1)O2. The maximum Gasteiger partial charge on any atom is 0.380 e. The van der Waals surface area contributed by atoms with E-state index < -0.39 is 23.1 Å². The highest BCUT2D eigenvalue weighted by molar-refractivity contribution is 6.40. The smallest absolute Gasteiger partial charge is 0.380 e. The molecule has 1 heterocycles. The monoisotopic (exact) mass is 402 g/mol. The molecule has 5 heteroatoms. The third kappa shape index (κ3) is 3.66. The average molecular weight is 402 g/mol. The van der Waals surface area contributed by atoms with E-state index in [2.05, 4.69) is 0 Å². The first-order chi connectivity index (χ1) is 14.3. The summed E-state index contributed by atoms with van der Waals surface area (Å²) < 4.78 is 17.8. The van der Waals surface area contributed by atoms with Crippen molar-refractivity contribution in [1.29, 1.82) is 0 Å². The van der Waals surface area contributed by atoms with Gasteiger partial charge in [-0.25, -0.2) is 4.79 Å². The molecule has 0 aliphatic carbocycles. The summed E-state index contributed by atoms with van der Waals surface area (Å²) in [6.07, 6.45) is 0. The van der Waals surface area contributed by atoms with Crippen LogP contribution in [0.2, 0.25) is 0 Å². The zero-order valence-electron chi connectivity index (χ0n) is 17.0. The lowest BCUT2D eigenvalue weighted by atomic mass is 9.97. The van der Waals surface area contributed by atoms with Gasteiger partial charge in [0.05, 0.1) is 0 Å². The largest absolute Gasteiger partial charge is 0.454 e. The van der Waals surface area contributed by atoms with Crippen LogP contribution in [-0.2, 0) is 15.3 Å². The third-order valence-corrected chi connectivity index (χ3v) is 4.61. The molecule has 3 aromatic rings. The molecule has 3 aromatic carbocycles. The number of rotatable bonds is 4. The fourth-order valence-electron chi connectivity index (χ4n) is 3.30. The Hall–Kier alpha value is -3.60. The standard InChI is InChI=1S/C25H22O5/c1-24(2,3)30-23(27)22(26)17-14-15-20-21(16-17)29-25(28-20,18-10-6-4-7-11-18)19-12-8-5-9-13-19/h4-16H,1-3H3. The van der Waals surface area contributed by atoms with Crippen molar-refractivity contribution in [3.05, 3.63) is 95.6 Å². The Morgan fingerprint density at radius 3 is 1.83 bits per heavy atom. The summed E-state index contributed by atoms with van der Waals surface area (Å²) in [5, 5.41) is 0. The van der Waals surface area contributed by atoms with Crippen LogP contribution in [0.1, 0.15) is 42.3 Å². The van der Waals surface area contributed by atoms with Gasteiger partial charge in [-0.1, -0.05) is 60.7 Å². The molecule has 0 saturated heterocycles. The maximum absolute atomic E-state index is 12.6. The molecule has 0 amide bonds. The van der Waals surface area contributed by atoms with Crippen LogP contribution in [0.25, 0.3) is 0 Å². The van der Waals surface area contributed by atoms with Gasteiger partial charge < -0.3 is 14.2 Å². The molecule has 5 nitrogen and oxygen atoms in total. The van der Waals surface area contributed by atoms with Gasteiger partial charge in [0.15, 0.2) is 11.5 Å². The number of Topliss-reactive ketones (excluding diaryl/α,β-unsaturated/α-hetero) is 1. The minimum absolute atomic E-state index is 0.184. The van der Waals surface area contributed by atoms with Gasteiger partial charge in [-0.15, -0.1) is 0 Å². The number of hydrogen-bond acceptors (Lipinski definition) is 5. The normalized spacial score (nSPS) is 14.2. The van der Waals surface area contributed by atoms with Gasteiger partial charge in [0.1, 0.15) is 5.60 Å². The Labute approximate surface area is 175 Å². The van der Waals surface area contributed by atoms with Gasteiger partial charge in [-0.3, -0.25) is 4.79 Å². The zero-order chi connectivity index (χ0) is 21.4. The fraction of sp³-hybridized carbons (Fsp3) is 0.200. The van der Waals surface area contributed by atoms with Crippen LogP contribution in [0.4, 0.5) is 0 Å².